The molecule has 5 rings (SSSR count). The highest BCUT2D eigenvalue weighted by Gasteiger charge is 2.30. The number of nitriles is 1. The Labute approximate surface area is 244 Å². The molecule has 1 amide bonds. The molecule has 42 heavy (non-hydrogen) atoms. The van der Waals surface area contributed by atoms with E-state index in [1.54, 1.807) is 6.20 Å². The summed E-state index contributed by atoms with van der Waals surface area (Å²) in [5.74, 6) is 1.12. The predicted octanol–water partition coefficient (Wildman–Crippen LogP) is 4.52. The van der Waals surface area contributed by atoms with Crippen molar-refractivity contribution in [3.8, 4) is 6.07 Å². The molecule has 0 bridgehead atoms. The number of carbonyl (C=O) groups is 1. The van der Waals surface area contributed by atoms with Crippen LogP contribution < -0.4 is 15.8 Å². The van der Waals surface area contributed by atoms with Gasteiger partial charge < -0.3 is 19.5 Å². The number of piperidine rings is 1. The lowest BCUT2D eigenvalue weighted by atomic mass is 10.1. The number of fused-ring (bicyclic) bond motifs is 2. The smallest absolute Gasteiger partial charge is 0.407 e. The second-order valence-electron chi connectivity index (χ2n) is 11.9. The van der Waals surface area contributed by atoms with Gasteiger partial charge in [0.15, 0.2) is 0 Å². The predicted molar refractivity (Wildman–Crippen MR) is 161 cm³/mol. The SMILES string of the molecule is CC(C)=CCn1c(N2CCC[C@H](NC(=O)OC(C)(C)C)C2)c(C#N)c2ncn(Cc3ncc4ccccc4n3)c(=O)c21. The van der Waals surface area contributed by atoms with Crippen LogP contribution in [0.25, 0.3) is 21.9 Å². The van der Waals surface area contributed by atoms with Gasteiger partial charge in [-0.1, -0.05) is 29.8 Å². The van der Waals surface area contributed by atoms with Gasteiger partial charge in [0, 0.05) is 37.3 Å². The molecule has 0 spiro atoms. The minimum atomic E-state index is -0.605. The van der Waals surface area contributed by atoms with Gasteiger partial charge in [-0.15, -0.1) is 0 Å². The van der Waals surface area contributed by atoms with E-state index < -0.39 is 11.7 Å². The Bertz CT molecular complexity index is 1770. The lowest BCUT2D eigenvalue weighted by Crippen LogP contribution is -2.49. The maximum atomic E-state index is 14.0. The van der Waals surface area contributed by atoms with E-state index in [0.29, 0.717) is 47.9 Å². The van der Waals surface area contributed by atoms with Gasteiger partial charge in [-0.3, -0.25) is 9.36 Å². The van der Waals surface area contributed by atoms with Crippen molar-refractivity contribution in [2.45, 2.75) is 72.2 Å². The highest BCUT2D eigenvalue weighted by Crippen LogP contribution is 2.32. The summed E-state index contributed by atoms with van der Waals surface area (Å²) in [6, 6.07) is 9.82. The van der Waals surface area contributed by atoms with Crippen LogP contribution in [-0.4, -0.2) is 54.9 Å². The zero-order chi connectivity index (χ0) is 30.0. The van der Waals surface area contributed by atoms with Crippen molar-refractivity contribution >= 4 is 33.8 Å². The number of nitrogens with one attached hydrogen (secondary N) is 1. The first-order valence-electron chi connectivity index (χ1n) is 14.1. The Balaban J connectivity index is 1.55. The molecule has 1 fully saturated rings. The van der Waals surface area contributed by atoms with Gasteiger partial charge in [0.2, 0.25) is 0 Å². The molecule has 1 N–H and O–H groups in total. The average molecular weight is 569 g/mol. The first-order chi connectivity index (χ1) is 20.0. The van der Waals surface area contributed by atoms with E-state index in [4.69, 9.17) is 4.74 Å². The summed E-state index contributed by atoms with van der Waals surface area (Å²) in [5.41, 5.74) is 2.05. The van der Waals surface area contributed by atoms with E-state index in [1.165, 1.54) is 10.9 Å². The molecule has 0 radical (unpaired) electrons. The summed E-state index contributed by atoms with van der Waals surface area (Å²) in [6.45, 7) is 11.1. The Hall–Kier alpha value is -4.72. The number of benzene rings is 1. The molecule has 0 unspecified atom stereocenters. The van der Waals surface area contributed by atoms with Crippen LogP contribution in [0.4, 0.5) is 10.6 Å². The van der Waals surface area contributed by atoms with E-state index >= 15 is 0 Å². The standard InChI is InChI=1S/C31H36N8O3/c1-20(2)12-14-39-27-26(34-19-38(29(27)40)18-25-33-16-21-9-6-7-11-24(21)36-25)23(15-32)28(39)37-13-8-10-22(17-37)35-30(41)42-31(3,4)5/h6-7,9,11-12,16,19,22H,8,10,13-14,17-18H2,1-5H3,(H,35,41)/t22-/m0/s1. The van der Waals surface area contributed by atoms with Crippen molar-refractivity contribution in [1.29, 1.82) is 5.26 Å². The number of rotatable bonds is 6. The zero-order valence-electron chi connectivity index (χ0n) is 24.7. The minimum absolute atomic E-state index is 0.142. The highest BCUT2D eigenvalue weighted by molar-refractivity contribution is 5.89. The number of alkyl carbamates (subject to hydrolysis) is 1. The fourth-order valence-corrected chi connectivity index (χ4v) is 5.25. The number of nitrogens with zero attached hydrogens (tertiary/aromatic N) is 7. The van der Waals surface area contributed by atoms with Crippen molar-refractivity contribution in [3.63, 3.8) is 0 Å². The first kappa shape index (κ1) is 28.8. The lowest BCUT2D eigenvalue weighted by Gasteiger charge is -2.35. The van der Waals surface area contributed by atoms with E-state index in [2.05, 4.69) is 31.2 Å². The van der Waals surface area contributed by atoms with Crippen LogP contribution in [0, 0.1) is 11.3 Å². The Morgan fingerprint density at radius 3 is 2.76 bits per heavy atom. The molecule has 11 nitrogen and oxygen atoms in total. The Morgan fingerprint density at radius 1 is 1.24 bits per heavy atom. The molecule has 4 heterocycles. The lowest BCUT2D eigenvalue weighted by molar-refractivity contribution is 0.0500. The summed E-state index contributed by atoms with van der Waals surface area (Å²) in [4.78, 5) is 42.2. The van der Waals surface area contributed by atoms with Crippen LogP contribution >= 0.6 is 0 Å². The summed E-state index contributed by atoms with van der Waals surface area (Å²) in [6.07, 6.45) is 6.33. The molecule has 1 aromatic carbocycles. The molecular weight excluding hydrogens is 532 g/mol. The number of para-hydroxylation sites is 1. The highest BCUT2D eigenvalue weighted by atomic mass is 16.6. The van der Waals surface area contributed by atoms with Crippen LogP contribution in [-0.2, 0) is 17.8 Å². The molecule has 218 valence electrons. The van der Waals surface area contributed by atoms with E-state index in [-0.39, 0.29) is 18.1 Å². The molecule has 0 saturated carbocycles. The van der Waals surface area contributed by atoms with Gasteiger partial charge in [0.1, 0.15) is 39.9 Å². The normalized spacial score (nSPS) is 15.4. The second kappa shape index (κ2) is 11.6. The van der Waals surface area contributed by atoms with Crippen LogP contribution in [0.15, 0.2) is 53.2 Å². The number of hydrogen-bond acceptors (Lipinski definition) is 8. The number of amides is 1. The average Bonchev–Trinajstić information content (AvgIpc) is 3.26. The summed E-state index contributed by atoms with van der Waals surface area (Å²) in [5, 5.41) is 14.2. The quantitative estimate of drug-likeness (QED) is 0.336. The molecule has 3 aromatic heterocycles. The van der Waals surface area contributed by atoms with E-state index in [9.17, 15) is 14.9 Å². The van der Waals surface area contributed by atoms with Gasteiger partial charge in [0.25, 0.3) is 5.56 Å². The maximum absolute atomic E-state index is 14.0. The number of allylic oxidation sites excluding steroid dienone is 2. The third-order valence-corrected chi connectivity index (χ3v) is 7.09. The minimum Gasteiger partial charge on any atom is -0.444 e. The van der Waals surface area contributed by atoms with Crippen LogP contribution in [0.3, 0.4) is 0 Å². The van der Waals surface area contributed by atoms with Gasteiger partial charge in [-0.2, -0.15) is 5.26 Å². The second-order valence-corrected chi connectivity index (χ2v) is 11.9. The van der Waals surface area contributed by atoms with Gasteiger partial charge >= 0.3 is 6.09 Å². The molecule has 0 aliphatic carbocycles. The largest absolute Gasteiger partial charge is 0.444 e. The summed E-state index contributed by atoms with van der Waals surface area (Å²) in [7, 11) is 0. The molecule has 4 aromatic rings. The Morgan fingerprint density at radius 2 is 2.02 bits per heavy atom. The van der Waals surface area contributed by atoms with Gasteiger partial charge in [0.05, 0.1) is 18.4 Å². The van der Waals surface area contributed by atoms with Crippen molar-refractivity contribution in [1.82, 2.24) is 29.4 Å². The summed E-state index contributed by atoms with van der Waals surface area (Å²) < 4.78 is 8.83. The molecule has 11 heteroatoms. The number of carbonyl (C=O) groups excluding carboxylic acids is 1. The number of aromatic nitrogens is 5. The Kier molecular flexibility index (Phi) is 7.98. The van der Waals surface area contributed by atoms with Crippen LogP contribution in [0.2, 0.25) is 0 Å². The monoisotopic (exact) mass is 568 g/mol. The fraction of sp³-hybridized carbons (Fsp3) is 0.419. The molecule has 1 aliphatic rings. The van der Waals surface area contributed by atoms with Crippen molar-refractivity contribution < 1.29 is 9.53 Å². The fourth-order valence-electron chi connectivity index (χ4n) is 5.25. The zero-order valence-corrected chi connectivity index (χ0v) is 24.7. The molecule has 1 saturated heterocycles. The van der Waals surface area contributed by atoms with Crippen molar-refractivity contribution in [2.75, 3.05) is 18.0 Å². The number of hydrogen-bond donors (Lipinski definition) is 1. The first-order valence-corrected chi connectivity index (χ1v) is 14.1. The topological polar surface area (TPSA) is 131 Å². The van der Waals surface area contributed by atoms with Gasteiger partial charge in [-0.05, 0) is 53.5 Å². The van der Waals surface area contributed by atoms with Crippen molar-refractivity contribution in [2.24, 2.45) is 0 Å². The van der Waals surface area contributed by atoms with E-state index in [1.807, 2.05) is 69.5 Å². The van der Waals surface area contributed by atoms with Crippen LogP contribution in [0.5, 0.6) is 0 Å². The van der Waals surface area contributed by atoms with Crippen LogP contribution in [0.1, 0.15) is 58.8 Å². The number of ether oxygens (including phenoxy) is 1. The van der Waals surface area contributed by atoms with E-state index in [0.717, 1.165) is 29.3 Å². The number of anilines is 1. The third-order valence-electron chi connectivity index (χ3n) is 7.09. The third kappa shape index (κ3) is 6.12. The van der Waals surface area contributed by atoms with Crippen molar-refractivity contribution in [3.05, 3.63) is 70.2 Å². The van der Waals surface area contributed by atoms with Gasteiger partial charge in [-0.25, -0.2) is 19.7 Å². The summed E-state index contributed by atoms with van der Waals surface area (Å²) >= 11 is 0. The molecular formula is C31H36N8O3. The maximum Gasteiger partial charge on any atom is 0.407 e. The molecule has 1 aliphatic heterocycles. The molecule has 1 atom stereocenters.